The highest BCUT2D eigenvalue weighted by molar-refractivity contribution is 7.89. The van der Waals surface area contributed by atoms with Gasteiger partial charge in [-0.05, 0) is 54.7 Å². The molecular formula is C21H25N3O4S. The smallest absolute Gasteiger partial charge is 0.272 e. The van der Waals surface area contributed by atoms with E-state index in [0.717, 1.165) is 24.0 Å². The van der Waals surface area contributed by atoms with E-state index in [0.29, 0.717) is 38.4 Å². The van der Waals surface area contributed by atoms with Crippen LogP contribution < -0.4 is 0 Å². The Morgan fingerprint density at radius 2 is 2.07 bits per heavy atom. The maximum Gasteiger partial charge on any atom is 0.272 e. The van der Waals surface area contributed by atoms with Crippen molar-refractivity contribution in [2.75, 3.05) is 26.8 Å². The van der Waals surface area contributed by atoms with Gasteiger partial charge in [0.25, 0.3) is 5.91 Å². The average molecular weight is 416 g/mol. The number of benzene rings is 1. The Labute approximate surface area is 171 Å². The molecule has 4 rings (SSSR count). The molecule has 154 valence electrons. The van der Waals surface area contributed by atoms with Gasteiger partial charge in [-0.25, -0.2) is 8.42 Å². The summed E-state index contributed by atoms with van der Waals surface area (Å²) in [6.07, 6.45) is 3.95. The van der Waals surface area contributed by atoms with E-state index < -0.39 is 10.0 Å². The minimum absolute atomic E-state index is 0.122. The van der Waals surface area contributed by atoms with Gasteiger partial charge in [-0.3, -0.25) is 9.78 Å². The Kier molecular flexibility index (Phi) is 5.67. The fraction of sp³-hybridized carbons (Fsp3) is 0.429. The second-order valence-corrected chi connectivity index (χ2v) is 9.38. The van der Waals surface area contributed by atoms with Crippen LogP contribution in [0.3, 0.4) is 0 Å². The minimum Gasteiger partial charge on any atom is -0.383 e. The molecular weight excluding hydrogens is 390 g/mol. The van der Waals surface area contributed by atoms with Gasteiger partial charge in [0.05, 0.1) is 11.5 Å². The third-order valence-electron chi connectivity index (χ3n) is 5.65. The molecule has 1 fully saturated rings. The van der Waals surface area contributed by atoms with Gasteiger partial charge in [0.1, 0.15) is 5.69 Å². The molecule has 1 aromatic heterocycles. The molecule has 0 unspecified atom stereocenters. The van der Waals surface area contributed by atoms with Gasteiger partial charge in [0, 0.05) is 39.0 Å². The SMILES string of the molecule is COC[C@@H]1CCCN1S(=O)(=O)c1ccc2c(c1)CN(C(=O)c1ccccn1)CC2. The predicted molar refractivity (Wildman–Crippen MR) is 108 cm³/mol. The summed E-state index contributed by atoms with van der Waals surface area (Å²) in [6.45, 7) is 1.89. The third kappa shape index (κ3) is 3.92. The number of amides is 1. The summed E-state index contributed by atoms with van der Waals surface area (Å²) >= 11 is 0. The molecule has 0 N–H and O–H groups in total. The van der Waals surface area contributed by atoms with Crippen LogP contribution in [0.1, 0.15) is 34.5 Å². The van der Waals surface area contributed by atoms with E-state index in [9.17, 15) is 13.2 Å². The fourth-order valence-corrected chi connectivity index (χ4v) is 5.87. The highest BCUT2D eigenvalue weighted by atomic mass is 32.2. The first kappa shape index (κ1) is 20.0. The minimum atomic E-state index is -3.60. The van der Waals surface area contributed by atoms with Crippen molar-refractivity contribution in [2.24, 2.45) is 0 Å². The number of carbonyl (C=O) groups is 1. The van der Waals surface area contributed by atoms with Gasteiger partial charge in [-0.15, -0.1) is 0 Å². The van der Waals surface area contributed by atoms with Crippen molar-refractivity contribution in [1.29, 1.82) is 0 Å². The molecule has 29 heavy (non-hydrogen) atoms. The number of aromatic nitrogens is 1. The van der Waals surface area contributed by atoms with Gasteiger partial charge >= 0.3 is 0 Å². The van der Waals surface area contributed by atoms with E-state index in [1.807, 2.05) is 6.07 Å². The lowest BCUT2D eigenvalue weighted by Crippen LogP contribution is -2.38. The van der Waals surface area contributed by atoms with Crippen molar-refractivity contribution in [2.45, 2.75) is 36.7 Å². The molecule has 1 amide bonds. The Hall–Kier alpha value is -2.29. The normalized spacial score (nSPS) is 19.9. The van der Waals surface area contributed by atoms with Crippen molar-refractivity contribution < 1.29 is 17.9 Å². The van der Waals surface area contributed by atoms with Gasteiger partial charge < -0.3 is 9.64 Å². The Bertz CT molecular complexity index is 994. The molecule has 0 bridgehead atoms. The lowest BCUT2D eigenvalue weighted by Gasteiger charge is -2.29. The largest absolute Gasteiger partial charge is 0.383 e. The van der Waals surface area contributed by atoms with Crippen molar-refractivity contribution in [3.8, 4) is 0 Å². The average Bonchev–Trinajstić information content (AvgIpc) is 3.22. The monoisotopic (exact) mass is 415 g/mol. The molecule has 0 saturated carbocycles. The lowest BCUT2D eigenvalue weighted by atomic mass is 9.99. The van der Waals surface area contributed by atoms with Crippen LogP contribution in [0.4, 0.5) is 0 Å². The Balaban J connectivity index is 1.58. The summed E-state index contributed by atoms with van der Waals surface area (Å²) in [4.78, 5) is 18.9. The molecule has 1 atom stereocenters. The summed E-state index contributed by atoms with van der Waals surface area (Å²) in [6, 6.07) is 10.4. The second kappa shape index (κ2) is 8.22. The highest BCUT2D eigenvalue weighted by Crippen LogP contribution is 2.29. The number of rotatable bonds is 5. The number of ether oxygens (including phenoxy) is 1. The predicted octanol–water partition coefficient (Wildman–Crippen LogP) is 2.08. The Morgan fingerprint density at radius 3 is 2.83 bits per heavy atom. The molecule has 1 aromatic carbocycles. The van der Waals surface area contributed by atoms with Gasteiger partial charge in [0.15, 0.2) is 0 Å². The van der Waals surface area contributed by atoms with E-state index in [2.05, 4.69) is 4.98 Å². The zero-order valence-electron chi connectivity index (χ0n) is 16.5. The summed E-state index contributed by atoms with van der Waals surface area (Å²) < 4.78 is 33.2. The van der Waals surface area contributed by atoms with E-state index >= 15 is 0 Å². The first-order valence-electron chi connectivity index (χ1n) is 9.83. The molecule has 8 heteroatoms. The molecule has 0 radical (unpaired) electrons. The maximum absolute atomic E-state index is 13.2. The van der Waals surface area contributed by atoms with E-state index in [1.54, 1.807) is 52.8 Å². The first-order chi connectivity index (χ1) is 14.0. The second-order valence-electron chi connectivity index (χ2n) is 7.49. The van der Waals surface area contributed by atoms with Crippen molar-refractivity contribution >= 4 is 15.9 Å². The van der Waals surface area contributed by atoms with Gasteiger partial charge in [0.2, 0.25) is 10.0 Å². The topological polar surface area (TPSA) is 79.8 Å². The van der Waals surface area contributed by atoms with Crippen LogP contribution >= 0.6 is 0 Å². The summed E-state index contributed by atoms with van der Waals surface area (Å²) in [7, 11) is -2.00. The van der Waals surface area contributed by atoms with Crippen LogP contribution in [0.5, 0.6) is 0 Å². The molecule has 0 aliphatic carbocycles. The van der Waals surface area contributed by atoms with Crippen molar-refractivity contribution in [3.63, 3.8) is 0 Å². The van der Waals surface area contributed by atoms with Gasteiger partial charge in [-0.2, -0.15) is 4.31 Å². The number of carbonyl (C=O) groups excluding carboxylic acids is 1. The number of hydrogen-bond donors (Lipinski definition) is 0. The number of hydrogen-bond acceptors (Lipinski definition) is 5. The molecule has 2 aliphatic heterocycles. The molecule has 2 aromatic rings. The van der Waals surface area contributed by atoms with Crippen LogP contribution in [-0.2, 0) is 27.7 Å². The standard InChI is InChI=1S/C21H25N3O4S/c1-28-15-18-5-4-11-24(18)29(26,27)19-8-7-16-9-12-23(14-17(16)13-19)21(25)20-6-2-3-10-22-20/h2-3,6-8,10,13,18H,4-5,9,11-12,14-15H2,1H3/t18-/m0/s1. The number of fused-ring (bicyclic) bond motifs is 1. The third-order valence-corrected chi connectivity index (χ3v) is 7.60. The number of pyridine rings is 1. The van der Waals surface area contributed by atoms with Crippen LogP contribution in [0, 0.1) is 0 Å². The summed E-state index contributed by atoms with van der Waals surface area (Å²) in [5.74, 6) is -0.135. The summed E-state index contributed by atoms with van der Waals surface area (Å²) in [5, 5.41) is 0. The van der Waals surface area contributed by atoms with E-state index in [1.165, 1.54) is 0 Å². The zero-order valence-corrected chi connectivity index (χ0v) is 17.3. The molecule has 3 heterocycles. The highest BCUT2D eigenvalue weighted by Gasteiger charge is 2.35. The van der Waals surface area contributed by atoms with Crippen molar-refractivity contribution in [1.82, 2.24) is 14.2 Å². The van der Waals surface area contributed by atoms with Crippen LogP contribution in [-0.4, -0.2) is 61.4 Å². The lowest BCUT2D eigenvalue weighted by molar-refractivity contribution is 0.0728. The van der Waals surface area contributed by atoms with Crippen LogP contribution in [0.2, 0.25) is 0 Å². The fourth-order valence-electron chi connectivity index (χ4n) is 4.14. The number of nitrogens with zero attached hydrogens (tertiary/aromatic N) is 3. The number of sulfonamides is 1. The molecule has 0 spiro atoms. The van der Waals surface area contributed by atoms with Gasteiger partial charge in [-0.1, -0.05) is 12.1 Å². The molecule has 2 aliphatic rings. The first-order valence-corrected chi connectivity index (χ1v) is 11.3. The molecule has 7 nitrogen and oxygen atoms in total. The van der Waals surface area contributed by atoms with E-state index in [-0.39, 0.29) is 16.8 Å². The maximum atomic E-state index is 13.2. The van der Waals surface area contributed by atoms with Crippen LogP contribution in [0.15, 0.2) is 47.5 Å². The van der Waals surface area contributed by atoms with Crippen LogP contribution in [0.25, 0.3) is 0 Å². The summed E-state index contributed by atoms with van der Waals surface area (Å²) in [5.41, 5.74) is 2.37. The zero-order chi connectivity index (χ0) is 20.4. The quantitative estimate of drug-likeness (QED) is 0.747. The molecule has 1 saturated heterocycles. The number of methoxy groups -OCH3 is 1. The van der Waals surface area contributed by atoms with E-state index in [4.69, 9.17) is 4.74 Å². The Morgan fingerprint density at radius 1 is 1.21 bits per heavy atom. The van der Waals surface area contributed by atoms with Crippen molar-refractivity contribution in [3.05, 3.63) is 59.4 Å².